The van der Waals surface area contributed by atoms with Crippen LogP contribution in [0, 0.1) is 13.8 Å². The van der Waals surface area contributed by atoms with Gasteiger partial charge < -0.3 is 9.47 Å². The Bertz CT molecular complexity index is 3310. The Balaban J connectivity index is 1.01. The van der Waals surface area contributed by atoms with E-state index in [2.05, 4.69) is 242 Å². The van der Waals surface area contributed by atoms with Crippen molar-refractivity contribution in [1.82, 2.24) is 4.57 Å². The fourth-order valence-corrected chi connectivity index (χ4v) is 9.35. The molecule has 60 heavy (non-hydrogen) atoms. The molecule has 0 N–H and O–H groups in total. The fraction of sp³-hybridized carbons (Fsp3) is 0.0345. The van der Waals surface area contributed by atoms with Crippen molar-refractivity contribution >= 4 is 60.4 Å². The van der Waals surface area contributed by atoms with E-state index in [9.17, 15) is 0 Å². The Kier molecular flexibility index (Phi) is 8.64. The molecule has 0 saturated carbocycles. The summed E-state index contributed by atoms with van der Waals surface area (Å²) in [6, 6.07) is 79.8. The van der Waals surface area contributed by atoms with E-state index in [0.717, 1.165) is 17.1 Å². The molecule has 1 aromatic heterocycles. The van der Waals surface area contributed by atoms with Crippen LogP contribution < -0.4 is 4.90 Å². The first-order valence-electron chi connectivity index (χ1n) is 20.8. The van der Waals surface area contributed by atoms with Crippen LogP contribution in [-0.4, -0.2) is 4.57 Å². The van der Waals surface area contributed by atoms with Crippen LogP contribution in [0.25, 0.3) is 82.4 Å². The lowest BCUT2D eigenvalue weighted by Crippen LogP contribution is -2.13. The molecular formula is C58H42N2. The molecule has 1 heterocycles. The summed E-state index contributed by atoms with van der Waals surface area (Å²) >= 11 is 0. The first-order valence-corrected chi connectivity index (χ1v) is 20.8. The Morgan fingerprint density at radius 1 is 0.333 bits per heavy atom. The van der Waals surface area contributed by atoms with Gasteiger partial charge in [0.1, 0.15) is 0 Å². The largest absolute Gasteiger partial charge is 0.310 e. The van der Waals surface area contributed by atoms with Crippen LogP contribution in [0.1, 0.15) is 11.1 Å². The van der Waals surface area contributed by atoms with E-state index in [1.165, 1.54) is 93.5 Å². The van der Waals surface area contributed by atoms with E-state index >= 15 is 0 Å². The number of rotatable bonds is 7. The van der Waals surface area contributed by atoms with Gasteiger partial charge >= 0.3 is 0 Å². The minimum Gasteiger partial charge on any atom is -0.310 e. The van der Waals surface area contributed by atoms with Crippen LogP contribution >= 0.6 is 0 Å². The van der Waals surface area contributed by atoms with E-state index < -0.39 is 0 Å². The number of anilines is 3. The second-order valence-corrected chi connectivity index (χ2v) is 15.9. The van der Waals surface area contributed by atoms with Gasteiger partial charge in [0.2, 0.25) is 0 Å². The lowest BCUT2D eigenvalue weighted by molar-refractivity contribution is 1.18. The summed E-state index contributed by atoms with van der Waals surface area (Å²) in [4.78, 5) is 2.43. The number of aryl methyl sites for hydroxylation is 2. The number of fused-ring (bicyclic) bond motifs is 5. The molecule has 0 spiro atoms. The Morgan fingerprint density at radius 2 is 0.850 bits per heavy atom. The molecule has 0 aliphatic heterocycles. The maximum absolute atomic E-state index is 2.43. The molecule has 2 heteroatoms. The highest BCUT2D eigenvalue weighted by Gasteiger charge is 2.20. The zero-order valence-corrected chi connectivity index (χ0v) is 33.7. The summed E-state index contributed by atoms with van der Waals surface area (Å²) in [6.45, 7) is 4.51. The lowest BCUT2D eigenvalue weighted by atomic mass is 9.96. The quantitative estimate of drug-likeness (QED) is 0.157. The van der Waals surface area contributed by atoms with Crippen molar-refractivity contribution in [3.05, 3.63) is 230 Å². The zero-order chi connectivity index (χ0) is 40.2. The van der Waals surface area contributed by atoms with Crippen molar-refractivity contribution in [2.24, 2.45) is 0 Å². The number of para-hydroxylation sites is 2. The van der Waals surface area contributed by atoms with E-state index in [-0.39, 0.29) is 0 Å². The van der Waals surface area contributed by atoms with Gasteiger partial charge in [-0.2, -0.15) is 0 Å². The predicted octanol–water partition coefficient (Wildman–Crippen LogP) is 16.2. The highest BCUT2D eigenvalue weighted by molar-refractivity contribution is 6.09. The third-order valence-corrected chi connectivity index (χ3v) is 12.2. The van der Waals surface area contributed by atoms with Gasteiger partial charge in [-0.3, -0.25) is 0 Å². The van der Waals surface area contributed by atoms with Gasteiger partial charge in [0.25, 0.3) is 0 Å². The van der Waals surface area contributed by atoms with Crippen molar-refractivity contribution in [2.45, 2.75) is 13.8 Å². The minimum atomic E-state index is 1.12. The molecule has 0 fully saturated rings. The number of nitrogens with zero attached hydrogens (tertiary/aromatic N) is 2. The molecule has 0 radical (unpaired) electrons. The Hall–Kier alpha value is -7.68. The molecule has 0 bridgehead atoms. The summed E-state index contributed by atoms with van der Waals surface area (Å²) in [5.41, 5.74) is 16.7. The highest BCUT2D eigenvalue weighted by atomic mass is 15.1. The topological polar surface area (TPSA) is 8.17 Å². The SMILES string of the molecule is Cc1cc(-c2cccc(-n3c4ccccc4c4ccccc43)c2)cc(C)c1N(c1ccc(-c2ccc3ccccc3c2)cc1)c1ccc(-c2cccc3ccccc23)cc1. The lowest BCUT2D eigenvalue weighted by Gasteiger charge is -2.29. The van der Waals surface area contributed by atoms with Gasteiger partial charge in [-0.15, -0.1) is 0 Å². The van der Waals surface area contributed by atoms with Crippen LogP contribution in [-0.2, 0) is 0 Å². The molecule has 0 saturated heterocycles. The Morgan fingerprint density at radius 3 is 1.53 bits per heavy atom. The maximum atomic E-state index is 2.43. The summed E-state index contributed by atoms with van der Waals surface area (Å²) in [6.07, 6.45) is 0. The molecule has 284 valence electrons. The zero-order valence-electron chi connectivity index (χ0n) is 33.7. The average molecular weight is 767 g/mol. The first kappa shape index (κ1) is 35.5. The monoisotopic (exact) mass is 766 g/mol. The van der Waals surface area contributed by atoms with Crippen molar-refractivity contribution in [3.63, 3.8) is 0 Å². The van der Waals surface area contributed by atoms with Crippen molar-refractivity contribution in [3.8, 4) is 39.1 Å². The van der Waals surface area contributed by atoms with Crippen LogP contribution in [0.15, 0.2) is 218 Å². The normalized spacial score (nSPS) is 11.5. The molecule has 0 amide bonds. The third-order valence-electron chi connectivity index (χ3n) is 12.2. The second-order valence-electron chi connectivity index (χ2n) is 15.9. The average Bonchev–Trinajstić information content (AvgIpc) is 3.64. The van der Waals surface area contributed by atoms with Crippen molar-refractivity contribution in [2.75, 3.05) is 4.90 Å². The second kappa shape index (κ2) is 14.6. The molecular weight excluding hydrogens is 725 g/mol. The van der Waals surface area contributed by atoms with Crippen LogP contribution in [0.5, 0.6) is 0 Å². The van der Waals surface area contributed by atoms with Gasteiger partial charge in [-0.25, -0.2) is 0 Å². The Labute approximate surface area is 350 Å². The molecule has 11 rings (SSSR count). The summed E-state index contributed by atoms with van der Waals surface area (Å²) in [5.74, 6) is 0. The van der Waals surface area contributed by atoms with Gasteiger partial charge in [-0.1, -0.05) is 152 Å². The fourth-order valence-electron chi connectivity index (χ4n) is 9.35. The number of aromatic nitrogens is 1. The van der Waals surface area contributed by atoms with E-state index in [1.54, 1.807) is 0 Å². The summed E-state index contributed by atoms with van der Waals surface area (Å²) < 4.78 is 2.40. The standard InChI is InChI=1S/C58H42N2/c1-39-35-48(46-17-11-18-51(38-46)60-56-23-9-7-20-54(56)55-21-8-10-24-57(55)60)36-40(2)58(39)59(49-31-27-42(28-32-49)47-26-25-41-13-3-4-15-45(41)37-47)50-33-29-44(30-34-50)53-22-12-16-43-14-5-6-19-52(43)53/h3-38H,1-2H3. The van der Waals surface area contributed by atoms with E-state index in [0.29, 0.717) is 0 Å². The van der Waals surface area contributed by atoms with E-state index in [4.69, 9.17) is 0 Å². The van der Waals surface area contributed by atoms with Crippen LogP contribution in [0.4, 0.5) is 17.1 Å². The predicted molar refractivity (Wildman–Crippen MR) is 256 cm³/mol. The maximum Gasteiger partial charge on any atom is 0.0541 e. The third kappa shape index (κ3) is 6.13. The molecule has 2 nitrogen and oxygen atoms in total. The highest BCUT2D eigenvalue weighted by Crippen LogP contribution is 2.43. The summed E-state index contributed by atoms with van der Waals surface area (Å²) in [5, 5.41) is 7.55. The molecule has 0 atom stereocenters. The van der Waals surface area contributed by atoms with Gasteiger partial charge in [0.15, 0.2) is 0 Å². The minimum absolute atomic E-state index is 1.12. The molecule has 0 aliphatic rings. The molecule has 0 unspecified atom stereocenters. The van der Waals surface area contributed by atoms with Crippen LogP contribution in [0.3, 0.4) is 0 Å². The van der Waals surface area contributed by atoms with Gasteiger partial charge in [0, 0.05) is 27.8 Å². The van der Waals surface area contributed by atoms with Crippen molar-refractivity contribution < 1.29 is 0 Å². The summed E-state index contributed by atoms with van der Waals surface area (Å²) in [7, 11) is 0. The van der Waals surface area contributed by atoms with E-state index in [1.807, 2.05) is 0 Å². The number of hydrogen-bond donors (Lipinski definition) is 0. The van der Waals surface area contributed by atoms with Gasteiger partial charge in [-0.05, 0) is 147 Å². The number of benzene rings is 10. The molecule has 0 aliphatic carbocycles. The number of hydrogen-bond acceptors (Lipinski definition) is 1. The van der Waals surface area contributed by atoms with Crippen LogP contribution in [0.2, 0.25) is 0 Å². The smallest absolute Gasteiger partial charge is 0.0541 e. The van der Waals surface area contributed by atoms with Gasteiger partial charge in [0.05, 0.1) is 16.7 Å². The van der Waals surface area contributed by atoms with Crippen molar-refractivity contribution in [1.29, 1.82) is 0 Å². The molecule has 11 aromatic rings. The first-order chi connectivity index (χ1) is 29.6. The molecule has 10 aromatic carbocycles.